The van der Waals surface area contributed by atoms with Crippen molar-refractivity contribution in [1.29, 1.82) is 0 Å². The van der Waals surface area contributed by atoms with E-state index in [1.54, 1.807) is 0 Å². The predicted molar refractivity (Wildman–Crippen MR) is 50.2 cm³/mol. The summed E-state index contributed by atoms with van der Waals surface area (Å²) in [5.41, 5.74) is 6.50. The Hall–Kier alpha value is -1.37. The summed E-state index contributed by atoms with van der Waals surface area (Å²) in [6, 6.07) is 3.73. The van der Waals surface area contributed by atoms with Gasteiger partial charge in [-0.25, -0.2) is 4.98 Å². The Morgan fingerprint density at radius 2 is 2.00 bits per heavy atom. The van der Waals surface area contributed by atoms with E-state index in [9.17, 15) is 0 Å². The second-order valence-corrected chi connectivity index (χ2v) is 2.96. The molecule has 0 saturated carbocycles. The summed E-state index contributed by atoms with van der Waals surface area (Å²) in [6.45, 7) is 1.96. The van der Waals surface area contributed by atoms with Gasteiger partial charge in [-0.3, -0.25) is 5.73 Å². The third kappa shape index (κ3) is 5.85. The van der Waals surface area contributed by atoms with Gasteiger partial charge in [-0.15, -0.1) is 0 Å². The Morgan fingerprint density at radius 1 is 1.54 bits per heavy atom. The van der Waals surface area contributed by atoms with Gasteiger partial charge in [-0.05, 0) is 28.9 Å². The summed E-state index contributed by atoms with van der Waals surface area (Å²) in [7, 11) is 0. The molecule has 0 saturated heterocycles. The first-order chi connectivity index (χ1) is 5.93. The zero-order valence-electron chi connectivity index (χ0n) is 6.78. The number of anilines is 1. The molecule has 3 N–H and O–H groups in total. The van der Waals surface area contributed by atoms with Crippen molar-refractivity contribution in [3.63, 3.8) is 0 Å². The van der Waals surface area contributed by atoms with Crippen LogP contribution in [0.25, 0.3) is 0 Å². The highest BCUT2D eigenvalue weighted by atomic mass is 79.9. The standard InChI is InChI=1S/C6H7BrN2.NO3/c1-4-5(7)2-3-6(8)9-4;2-1(3)4/h2-3H,1H3,(H2,8,9);/q;-1/p+1. The van der Waals surface area contributed by atoms with E-state index in [0.717, 1.165) is 10.2 Å². The van der Waals surface area contributed by atoms with E-state index >= 15 is 0 Å². The highest BCUT2D eigenvalue weighted by Crippen LogP contribution is 2.10. The average molecular weight is 250 g/mol. The third-order valence-electron chi connectivity index (χ3n) is 1.10. The highest BCUT2D eigenvalue weighted by molar-refractivity contribution is 9.10. The quantitative estimate of drug-likeness (QED) is 0.545. The molecule has 13 heavy (non-hydrogen) atoms. The van der Waals surface area contributed by atoms with E-state index in [0.29, 0.717) is 5.82 Å². The Balaban J connectivity index is 0.000000310. The summed E-state index contributed by atoms with van der Waals surface area (Å²) in [5.74, 6) is 0.690. The van der Waals surface area contributed by atoms with Crippen LogP contribution < -0.4 is 10.7 Å². The fourth-order valence-electron chi connectivity index (χ4n) is 0.606. The van der Waals surface area contributed by atoms with Crippen LogP contribution in [0.5, 0.6) is 0 Å². The molecule has 0 aliphatic heterocycles. The van der Waals surface area contributed by atoms with Crippen LogP contribution in [0.4, 0.5) is 5.82 Å². The van der Waals surface area contributed by atoms with E-state index in [2.05, 4.69) is 20.9 Å². The van der Waals surface area contributed by atoms with E-state index in [1.165, 1.54) is 0 Å². The van der Waals surface area contributed by atoms with Gasteiger partial charge in [0, 0.05) is 6.07 Å². The molecule has 1 heterocycles. The number of halogens is 1. The number of nitrogens with zero attached hydrogens (tertiary/aromatic N) is 1. The summed E-state index contributed by atoms with van der Waals surface area (Å²) in [4.78, 5) is 11.2. The lowest BCUT2D eigenvalue weighted by atomic mass is 10.4. The first-order valence-corrected chi connectivity index (χ1v) is 3.98. The fourth-order valence-corrected chi connectivity index (χ4v) is 0.837. The van der Waals surface area contributed by atoms with Gasteiger partial charge in [0.1, 0.15) is 5.69 Å². The molecule has 72 valence electrons. The topological polar surface area (TPSA) is 106 Å². The fraction of sp³-hybridized carbons (Fsp3) is 0.167. The lowest BCUT2D eigenvalue weighted by Crippen LogP contribution is -2.13. The lowest BCUT2D eigenvalue weighted by Gasteiger charge is -1.91. The van der Waals surface area contributed by atoms with Crippen LogP contribution in [-0.4, -0.2) is 5.09 Å². The maximum absolute atomic E-state index is 8.25. The van der Waals surface area contributed by atoms with Crippen molar-refractivity contribution in [1.82, 2.24) is 0 Å². The monoisotopic (exact) mass is 249 g/mol. The van der Waals surface area contributed by atoms with Gasteiger partial charge in [0.25, 0.3) is 5.82 Å². The summed E-state index contributed by atoms with van der Waals surface area (Å²) >= 11 is 3.34. The van der Waals surface area contributed by atoms with Crippen molar-refractivity contribution >= 4 is 21.7 Å². The van der Waals surface area contributed by atoms with Crippen molar-refractivity contribution in [3.05, 3.63) is 37.6 Å². The maximum Gasteiger partial charge on any atom is 0.270 e. The largest absolute Gasteiger partial charge is 0.356 e. The molecule has 0 aliphatic rings. The number of nitrogens with one attached hydrogen (secondary N) is 1. The molecule has 0 radical (unpaired) electrons. The second kappa shape index (κ2) is 5.31. The molecule has 0 unspecified atom stereocenters. The SMILES string of the molecule is Cc1[nH+]c(N)ccc1Br.O=[N+]([O-])[O-]. The van der Waals surface area contributed by atoms with Crippen LogP contribution >= 0.6 is 15.9 Å². The first kappa shape index (κ1) is 11.6. The van der Waals surface area contributed by atoms with Crippen molar-refractivity contribution in [2.75, 3.05) is 5.73 Å². The average Bonchev–Trinajstić information content (AvgIpc) is 1.96. The normalized spacial score (nSPS) is 8.46. The molecule has 0 bridgehead atoms. The van der Waals surface area contributed by atoms with Gasteiger partial charge in [-0.2, -0.15) is 0 Å². The summed E-state index contributed by atoms with van der Waals surface area (Å²) in [6.07, 6.45) is 0. The minimum absolute atomic E-state index is 0.690. The van der Waals surface area contributed by atoms with Crippen molar-refractivity contribution < 1.29 is 10.1 Å². The molecule has 6 nitrogen and oxygen atoms in total. The minimum Gasteiger partial charge on any atom is -0.356 e. The number of nitrogen functional groups attached to an aromatic ring is 1. The number of aromatic amines is 1. The number of pyridine rings is 1. The predicted octanol–water partition coefficient (Wildman–Crippen LogP) is 0.915. The summed E-state index contributed by atoms with van der Waals surface area (Å²) < 4.78 is 1.05. The molecule has 0 spiro atoms. The number of hydrogen-bond donors (Lipinski definition) is 1. The number of hydrogen-bond acceptors (Lipinski definition) is 4. The third-order valence-corrected chi connectivity index (χ3v) is 1.96. The zero-order valence-corrected chi connectivity index (χ0v) is 8.37. The van der Waals surface area contributed by atoms with Gasteiger partial charge in [0.2, 0.25) is 0 Å². The Labute approximate surface area is 82.6 Å². The van der Waals surface area contributed by atoms with E-state index < -0.39 is 5.09 Å². The van der Waals surface area contributed by atoms with Gasteiger partial charge in [-0.1, -0.05) is 0 Å². The molecule has 1 aromatic rings. The van der Waals surface area contributed by atoms with Crippen molar-refractivity contribution in [2.24, 2.45) is 0 Å². The number of nitrogens with two attached hydrogens (primary N) is 1. The van der Waals surface area contributed by atoms with Crippen LogP contribution in [0.1, 0.15) is 5.69 Å². The number of aryl methyl sites for hydroxylation is 1. The number of rotatable bonds is 0. The number of aromatic nitrogens is 1. The van der Waals surface area contributed by atoms with Crippen molar-refractivity contribution in [3.8, 4) is 0 Å². The summed E-state index contributed by atoms with van der Waals surface area (Å²) in [5, 5.41) is 14.8. The Kier molecular flexibility index (Phi) is 4.75. The maximum atomic E-state index is 8.25. The molecule has 1 aromatic heterocycles. The van der Waals surface area contributed by atoms with Crippen LogP contribution in [0.15, 0.2) is 16.6 Å². The van der Waals surface area contributed by atoms with Crippen LogP contribution in [0, 0.1) is 22.2 Å². The van der Waals surface area contributed by atoms with E-state index in [-0.39, 0.29) is 0 Å². The van der Waals surface area contributed by atoms with E-state index in [4.69, 9.17) is 21.1 Å². The van der Waals surface area contributed by atoms with Crippen LogP contribution in [0.2, 0.25) is 0 Å². The Morgan fingerprint density at radius 3 is 2.31 bits per heavy atom. The highest BCUT2D eigenvalue weighted by Gasteiger charge is 1.97. The van der Waals surface area contributed by atoms with Crippen LogP contribution in [0.3, 0.4) is 0 Å². The molecule has 0 aliphatic carbocycles. The molecule has 7 heteroatoms. The molecule has 1 rings (SSSR count). The lowest BCUT2D eigenvalue weighted by molar-refractivity contribution is -0.402. The van der Waals surface area contributed by atoms with Gasteiger partial charge < -0.3 is 15.3 Å². The number of H-pyrrole nitrogens is 1. The Bertz CT molecular complexity index is 301. The van der Waals surface area contributed by atoms with Gasteiger partial charge in [0.05, 0.1) is 9.56 Å². The van der Waals surface area contributed by atoms with Gasteiger partial charge >= 0.3 is 0 Å². The molecule has 0 atom stereocenters. The second-order valence-electron chi connectivity index (χ2n) is 2.11. The molecular weight excluding hydrogens is 242 g/mol. The zero-order chi connectivity index (χ0) is 10.4. The van der Waals surface area contributed by atoms with Crippen LogP contribution in [-0.2, 0) is 0 Å². The van der Waals surface area contributed by atoms with E-state index in [1.807, 2.05) is 19.1 Å². The molecule has 0 fully saturated rings. The molecule has 0 amide bonds. The molecule has 0 aromatic carbocycles. The first-order valence-electron chi connectivity index (χ1n) is 3.19. The molecular formula is C6H8BrN3O3. The van der Waals surface area contributed by atoms with Gasteiger partial charge in [0.15, 0.2) is 0 Å². The minimum atomic E-state index is -1.75. The van der Waals surface area contributed by atoms with Crippen molar-refractivity contribution in [2.45, 2.75) is 6.92 Å². The smallest absolute Gasteiger partial charge is 0.270 e.